The summed E-state index contributed by atoms with van der Waals surface area (Å²) in [7, 11) is 0. The Labute approximate surface area is 97.9 Å². The van der Waals surface area contributed by atoms with Gasteiger partial charge in [-0.05, 0) is 40.7 Å². The van der Waals surface area contributed by atoms with Crippen LogP contribution < -0.4 is 0 Å². The maximum absolute atomic E-state index is 11.7. The molecule has 0 radical (unpaired) electrons. The third-order valence-electron chi connectivity index (χ3n) is 1.52. The van der Waals surface area contributed by atoms with Gasteiger partial charge in [0.25, 0.3) is 0 Å². The minimum absolute atomic E-state index is 0.326. The second-order valence-corrected chi connectivity index (χ2v) is 4.27. The molecule has 0 aliphatic carbocycles. The Morgan fingerprint density at radius 2 is 2.00 bits per heavy atom. The van der Waals surface area contributed by atoms with E-state index < -0.39 is 5.60 Å². The van der Waals surface area contributed by atoms with Crippen molar-refractivity contribution < 1.29 is 9.53 Å². The number of rotatable bonds is 4. The van der Waals surface area contributed by atoms with Crippen LogP contribution in [0.4, 0.5) is 0 Å². The highest BCUT2D eigenvalue weighted by Crippen LogP contribution is 2.11. The normalized spacial score (nSPS) is 13.7. The number of ether oxygens (including phenoxy) is 1. The fourth-order valence-electron chi connectivity index (χ4n) is 0.947. The zero-order valence-electron chi connectivity index (χ0n) is 10.8. The number of nitrogens with zero attached hydrogens (tertiary/aromatic N) is 1. The van der Waals surface area contributed by atoms with Crippen LogP contribution in [0.1, 0.15) is 34.6 Å². The van der Waals surface area contributed by atoms with Gasteiger partial charge in [0.05, 0.1) is 5.57 Å². The van der Waals surface area contributed by atoms with Crippen LogP contribution in [-0.2, 0) is 9.53 Å². The van der Waals surface area contributed by atoms with Crippen LogP contribution in [-0.4, -0.2) is 24.3 Å². The van der Waals surface area contributed by atoms with Crippen molar-refractivity contribution in [3.63, 3.8) is 0 Å². The van der Waals surface area contributed by atoms with Gasteiger partial charge in [0.1, 0.15) is 5.60 Å². The van der Waals surface area contributed by atoms with Gasteiger partial charge in [-0.2, -0.15) is 0 Å². The molecule has 16 heavy (non-hydrogen) atoms. The molecule has 0 aliphatic heterocycles. The number of carbonyl (C=O) groups is 1. The highest BCUT2D eigenvalue weighted by Gasteiger charge is 2.17. The second-order valence-electron chi connectivity index (χ2n) is 4.27. The Hall–Kier alpha value is -1.38. The van der Waals surface area contributed by atoms with Gasteiger partial charge in [0, 0.05) is 12.8 Å². The lowest BCUT2D eigenvalue weighted by Gasteiger charge is -2.19. The molecule has 0 aliphatic rings. The molecule has 0 aromatic heterocycles. The average molecular weight is 223 g/mol. The molecule has 0 heterocycles. The van der Waals surface area contributed by atoms with Crippen LogP contribution in [0, 0.1) is 0 Å². The first-order chi connectivity index (χ1) is 7.40. The van der Waals surface area contributed by atoms with E-state index in [9.17, 15) is 4.79 Å². The van der Waals surface area contributed by atoms with Crippen molar-refractivity contribution in [2.75, 3.05) is 6.54 Å². The minimum Gasteiger partial charge on any atom is -0.456 e. The van der Waals surface area contributed by atoms with Gasteiger partial charge < -0.3 is 4.74 Å². The quantitative estimate of drug-likeness (QED) is 0.318. The molecule has 0 rings (SSSR count). The summed E-state index contributed by atoms with van der Waals surface area (Å²) in [5.41, 5.74) is 0.0363. The van der Waals surface area contributed by atoms with Gasteiger partial charge in [-0.3, -0.25) is 4.99 Å². The summed E-state index contributed by atoms with van der Waals surface area (Å²) in [6, 6.07) is 0. The van der Waals surface area contributed by atoms with Crippen molar-refractivity contribution >= 4 is 12.2 Å². The minimum atomic E-state index is -0.473. The Balaban J connectivity index is 4.73. The van der Waals surface area contributed by atoms with Crippen molar-refractivity contribution in [2.45, 2.75) is 40.2 Å². The van der Waals surface area contributed by atoms with E-state index in [1.165, 1.54) is 0 Å². The zero-order valence-corrected chi connectivity index (χ0v) is 10.8. The van der Waals surface area contributed by atoms with E-state index in [1.807, 2.05) is 34.6 Å². The van der Waals surface area contributed by atoms with E-state index in [4.69, 9.17) is 4.74 Å². The lowest BCUT2D eigenvalue weighted by atomic mass is 10.1. The largest absolute Gasteiger partial charge is 0.456 e. The monoisotopic (exact) mass is 223 g/mol. The molecule has 0 spiro atoms. The Kier molecular flexibility index (Phi) is 6.38. The van der Waals surface area contributed by atoms with Gasteiger partial charge in [0.2, 0.25) is 0 Å². The molecule has 0 bridgehead atoms. The van der Waals surface area contributed by atoms with Gasteiger partial charge in [-0.15, -0.1) is 0 Å². The summed E-state index contributed by atoms with van der Waals surface area (Å²) < 4.78 is 5.26. The summed E-state index contributed by atoms with van der Waals surface area (Å²) in [4.78, 5) is 15.8. The fourth-order valence-corrected chi connectivity index (χ4v) is 0.947. The smallest absolute Gasteiger partial charge is 0.338 e. The maximum Gasteiger partial charge on any atom is 0.338 e. The molecule has 0 amide bonds. The molecule has 0 saturated heterocycles. The molecular weight excluding hydrogens is 202 g/mol. The number of hydrogen-bond donors (Lipinski definition) is 0. The lowest BCUT2D eigenvalue weighted by molar-refractivity contribution is -0.149. The fraction of sp³-hybridized carbons (Fsp3) is 0.538. The molecule has 0 atom stereocenters. The Bertz CT molecular complexity index is 306. The number of allylic oxidation sites excluding steroid dienone is 2. The average Bonchev–Trinajstić information content (AvgIpc) is 2.14. The number of aliphatic imine (C=N–C) groups is 1. The lowest BCUT2D eigenvalue weighted by Crippen LogP contribution is -2.24. The summed E-state index contributed by atoms with van der Waals surface area (Å²) in [5.74, 6) is -0.326. The summed E-state index contributed by atoms with van der Waals surface area (Å²) in [6.07, 6.45) is 6.81. The van der Waals surface area contributed by atoms with E-state index in [1.54, 1.807) is 24.4 Å². The van der Waals surface area contributed by atoms with E-state index in [0.717, 1.165) is 0 Å². The molecule has 3 heteroatoms. The highest BCUT2D eigenvalue weighted by atomic mass is 16.6. The molecule has 0 aromatic carbocycles. The van der Waals surface area contributed by atoms with E-state index >= 15 is 0 Å². The molecular formula is C13H21NO2. The number of hydrogen-bond acceptors (Lipinski definition) is 3. The van der Waals surface area contributed by atoms with E-state index in [-0.39, 0.29) is 5.97 Å². The first kappa shape index (κ1) is 14.6. The van der Waals surface area contributed by atoms with Gasteiger partial charge in [0.15, 0.2) is 0 Å². The molecule has 0 unspecified atom stereocenters. The van der Waals surface area contributed by atoms with Crippen molar-refractivity contribution in [3.05, 3.63) is 23.8 Å². The number of carbonyl (C=O) groups excluding carboxylic acids is 1. The van der Waals surface area contributed by atoms with Crippen LogP contribution in [0.15, 0.2) is 28.8 Å². The van der Waals surface area contributed by atoms with Crippen molar-refractivity contribution in [2.24, 2.45) is 4.99 Å². The topological polar surface area (TPSA) is 38.7 Å². The summed E-state index contributed by atoms with van der Waals surface area (Å²) in [6.45, 7) is 10.0. The standard InChI is InChI=1S/C13H21NO2/c1-6-8-11(9-10-14-7-2)12(15)16-13(3,4)5/h6,8-10H,7H2,1-5H3/b8-6-,11-9+,14-10?. The third kappa shape index (κ3) is 6.98. The molecule has 0 fully saturated rings. The Morgan fingerprint density at radius 3 is 2.44 bits per heavy atom. The number of esters is 1. The van der Waals surface area contributed by atoms with Crippen LogP contribution in [0.25, 0.3) is 0 Å². The molecule has 0 saturated carbocycles. The first-order valence-corrected chi connectivity index (χ1v) is 5.47. The maximum atomic E-state index is 11.7. The second kappa shape index (κ2) is 6.99. The van der Waals surface area contributed by atoms with Crippen molar-refractivity contribution in [1.82, 2.24) is 0 Å². The highest BCUT2D eigenvalue weighted by molar-refractivity contribution is 5.96. The predicted molar refractivity (Wildman–Crippen MR) is 67.8 cm³/mol. The van der Waals surface area contributed by atoms with Crippen molar-refractivity contribution in [1.29, 1.82) is 0 Å². The predicted octanol–water partition coefficient (Wildman–Crippen LogP) is 2.92. The van der Waals surface area contributed by atoms with Crippen LogP contribution >= 0.6 is 0 Å². The van der Waals surface area contributed by atoms with Gasteiger partial charge in [-0.25, -0.2) is 4.79 Å². The van der Waals surface area contributed by atoms with Crippen LogP contribution in [0.5, 0.6) is 0 Å². The summed E-state index contributed by atoms with van der Waals surface area (Å²) >= 11 is 0. The molecule has 0 N–H and O–H groups in total. The van der Waals surface area contributed by atoms with E-state index in [0.29, 0.717) is 12.1 Å². The molecule has 3 nitrogen and oxygen atoms in total. The Morgan fingerprint density at radius 1 is 1.38 bits per heavy atom. The zero-order chi connectivity index (χ0) is 12.6. The molecule has 90 valence electrons. The van der Waals surface area contributed by atoms with Crippen LogP contribution in [0.3, 0.4) is 0 Å². The van der Waals surface area contributed by atoms with Crippen molar-refractivity contribution in [3.8, 4) is 0 Å². The SMILES string of the molecule is C/C=C\C(=C/C=NCC)C(=O)OC(C)(C)C. The van der Waals surface area contributed by atoms with E-state index in [2.05, 4.69) is 4.99 Å². The summed E-state index contributed by atoms with van der Waals surface area (Å²) in [5, 5.41) is 0. The van der Waals surface area contributed by atoms with Crippen LogP contribution in [0.2, 0.25) is 0 Å². The third-order valence-corrected chi connectivity index (χ3v) is 1.52. The van der Waals surface area contributed by atoms with Gasteiger partial charge >= 0.3 is 5.97 Å². The van der Waals surface area contributed by atoms with Gasteiger partial charge in [-0.1, -0.05) is 12.2 Å². The first-order valence-electron chi connectivity index (χ1n) is 5.47. The molecule has 0 aromatic rings.